The molecular formula is C22H20N2O6. The van der Waals surface area contributed by atoms with Crippen molar-refractivity contribution in [3.05, 3.63) is 65.9 Å². The Balaban J connectivity index is 1.80. The molecule has 1 fully saturated rings. The molecule has 0 radical (unpaired) electrons. The van der Waals surface area contributed by atoms with Crippen LogP contribution in [0.15, 0.2) is 54.6 Å². The van der Waals surface area contributed by atoms with Crippen molar-refractivity contribution in [2.24, 2.45) is 0 Å². The average molecular weight is 408 g/mol. The minimum atomic E-state index is -0.692. The van der Waals surface area contributed by atoms with Gasteiger partial charge in [-0.1, -0.05) is 18.2 Å². The summed E-state index contributed by atoms with van der Waals surface area (Å²) in [5.41, 5.74) is 1.58. The molecule has 2 heterocycles. The summed E-state index contributed by atoms with van der Waals surface area (Å²) in [6.45, 7) is 1.20. The van der Waals surface area contributed by atoms with E-state index in [0.29, 0.717) is 35.9 Å². The highest BCUT2D eigenvalue weighted by atomic mass is 16.6. The molecule has 1 aliphatic rings. The van der Waals surface area contributed by atoms with E-state index >= 15 is 0 Å². The van der Waals surface area contributed by atoms with Gasteiger partial charge in [-0.15, -0.1) is 0 Å². The fourth-order valence-corrected chi connectivity index (χ4v) is 3.02. The normalized spacial score (nSPS) is 14.8. The number of hydrogen-bond donors (Lipinski definition) is 0. The smallest absolute Gasteiger partial charge is 0.357 e. The van der Waals surface area contributed by atoms with E-state index in [1.165, 1.54) is 18.9 Å². The first-order chi connectivity index (χ1) is 14.6. The van der Waals surface area contributed by atoms with Crippen LogP contribution in [0, 0.1) is 0 Å². The fraction of sp³-hybridized carbons (Fsp3) is 0.227. The lowest BCUT2D eigenvalue weighted by Gasteiger charge is -2.07. The van der Waals surface area contributed by atoms with Crippen LogP contribution in [-0.4, -0.2) is 55.3 Å². The third kappa shape index (κ3) is 3.90. The second-order valence-electron chi connectivity index (χ2n) is 6.59. The Morgan fingerprint density at radius 2 is 1.70 bits per heavy atom. The maximum atomic E-state index is 12.6. The number of carbonyl (C=O) groups is 2. The van der Waals surface area contributed by atoms with Crippen LogP contribution in [-0.2, 0) is 14.2 Å². The lowest BCUT2D eigenvalue weighted by Crippen LogP contribution is -2.15. The van der Waals surface area contributed by atoms with Gasteiger partial charge in [0.25, 0.3) is 0 Å². The third-order valence-electron chi connectivity index (χ3n) is 4.62. The molecule has 0 amide bonds. The highest BCUT2D eigenvalue weighted by molar-refractivity contribution is 6.06. The number of nitrogens with zero attached hydrogens (tertiary/aromatic N) is 2. The maximum Gasteiger partial charge on any atom is 0.357 e. The zero-order valence-electron chi connectivity index (χ0n) is 16.5. The van der Waals surface area contributed by atoms with Crippen molar-refractivity contribution >= 4 is 11.9 Å². The average Bonchev–Trinajstić information content (AvgIpc) is 3.55. The van der Waals surface area contributed by atoms with Gasteiger partial charge < -0.3 is 18.9 Å². The summed E-state index contributed by atoms with van der Waals surface area (Å²) in [6.07, 6.45) is 0.153. The van der Waals surface area contributed by atoms with Crippen molar-refractivity contribution in [3.63, 3.8) is 0 Å². The van der Waals surface area contributed by atoms with Gasteiger partial charge in [0.15, 0.2) is 5.69 Å². The number of aromatic nitrogens is 2. The van der Waals surface area contributed by atoms with Crippen molar-refractivity contribution in [2.75, 3.05) is 27.4 Å². The van der Waals surface area contributed by atoms with Gasteiger partial charge in [0.1, 0.15) is 29.7 Å². The molecule has 0 spiro atoms. The van der Waals surface area contributed by atoms with Crippen molar-refractivity contribution in [1.29, 1.82) is 0 Å². The predicted molar refractivity (Wildman–Crippen MR) is 107 cm³/mol. The Morgan fingerprint density at radius 1 is 1.03 bits per heavy atom. The molecule has 154 valence electrons. The van der Waals surface area contributed by atoms with E-state index in [0.717, 1.165) is 0 Å². The molecule has 1 unspecified atom stereocenters. The number of benzene rings is 2. The molecule has 3 aromatic rings. The Labute approximate surface area is 172 Å². The van der Waals surface area contributed by atoms with Crippen LogP contribution in [0.25, 0.3) is 16.9 Å². The van der Waals surface area contributed by atoms with Crippen LogP contribution in [0.4, 0.5) is 0 Å². The Bertz CT molecular complexity index is 1060. The molecule has 0 N–H and O–H groups in total. The molecular weight excluding hydrogens is 388 g/mol. The van der Waals surface area contributed by atoms with Gasteiger partial charge in [0, 0.05) is 5.56 Å². The summed E-state index contributed by atoms with van der Waals surface area (Å²) < 4.78 is 22.0. The molecule has 4 rings (SSSR count). The van der Waals surface area contributed by atoms with E-state index in [4.69, 9.17) is 18.9 Å². The summed E-state index contributed by atoms with van der Waals surface area (Å²) in [4.78, 5) is 25.2. The van der Waals surface area contributed by atoms with Gasteiger partial charge in [-0.25, -0.2) is 14.3 Å². The molecule has 0 saturated carbocycles. The van der Waals surface area contributed by atoms with E-state index in [1.807, 2.05) is 18.2 Å². The quantitative estimate of drug-likeness (QED) is 0.438. The van der Waals surface area contributed by atoms with E-state index in [9.17, 15) is 9.59 Å². The predicted octanol–water partition coefficient (Wildman–Crippen LogP) is 2.89. The number of epoxide rings is 1. The van der Waals surface area contributed by atoms with Crippen LogP contribution >= 0.6 is 0 Å². The van der Waals surface area contributed by atoms with Crippen molar-refractivity contribution in [1.82, 2.24) is 9.78 Å². The first kappa shape index (κ1) is 19.7. The second-order valence-corrected chi connectivity index (χ2v) is 6.59. The van der Waals surface area contributed by atoms with Crippen molar-refractivity contribution in [2.45, 2.75) is 6.10 Å². The SMILES string of the molecule is COC(=O)c1c(-c2ccc(OCC3CO3)cc2)nn(-c2ccccc2)c1C(=O)OC. The first-order valence-corrected chi connectivity index (χ1v) is 9.32. The van der Waals surface area contributed by atoms with Crippen LogP contribution in [0.3, 0.4) is 0 Å². The van der Waals surface area contributed by atoms with Gasteiger partial charge in [0.05, 0.1) is 26.5 Å². The van der Waals surface area contributed by atoms with Gasteiger partial charge in [-0.2, -0.15) is 5.10 Å². The molecule has 1 saturated heterocycles. The highest BCUT2D eigenvalue weighted by Crippen LogP contribution is 2.30. The van der Waals surface area contributed by atoms with Gasteiger partial charge in [0.2, 0.25) is 0 Å². The molecule has 8 nitrogen and oxygen atoms in total. The van der Waals surface area contributed by atoms with Crippen molar-refractivity contribution < 1.29 is 28.5 Å². The standard InChI is InChI=1S/C22H20N2O6/c1-27-21(25)18-19(14-8-10-16(11-9-14)29-12-17-13-30-17)23-24(20(18)22(26)28-2)15-6-4-3-5-7-15/h3-11,17H,12-13H2,1-2H3. The Kier molecular flexibility index (Phi) is 5.49. The zero-order valence-corrected chi connectivity index (χ0v) is 16.5. The molecule has 1 atom stereocenters. The van der Waals surface area contributed by atoms with Gasteiger partial charge >= 0.3 is 11.9 Å². The number of para-hydroxylation sites is 1. The summed E-state index contributed by atoms with van der Waals surface area (Å²) in [5, 5.41) is 4.56. The second kappa shape index (κ2) is 8.38. The number of rotatable bonds is 7. The van der Waals surface area contributed by atoms with Crippen LogP contribution in [0.5, 0.6) is 5.75 Å². The van der Waals surface area contributed by atoms with Crippen LogP contribution in [0.2, 0.25) is 0 Å². The molecule has 1 aliphatic heterocycles. The molecule has 2 aromatic carbocycles. The van der Waals surface area contributed by atoms with E-state index in [2.05, 4.69) is 5.10 Å². The summed E-state index contributed by atoms with van der Waals surface area (Å²) >= 11 is 0. The van der Waals surface area contributed by atoms with E-state index in [1.54, 1.807) is 36.4 Å². The molecule has 8 heteroatoms. The Hall–Kier alpha value is -3.65. The maximum absolute atomic E-state index is 12.6. The minimum absolute atomic E-state index is 0.00300. The number of carbonyl (C=O) groups excluding carboxylic acids is 2. The van der Waals surface area contributed by atoms with E-state index < -0.39 is 11.9 Å². The minimum Gasteiger partial charge on any atom is -0.491 e. The summed E-state index contributed by atoms with van der Waals surface area (Å²) in [6, 6.07) is 16.1. The van der Waals surface area contributed by atoms with Crippen molar-refractivity contribution in [3.8, 4) is 22.7 Å². The topological polar surface area (TPSA) is 92.2 Å². The number of hydrogen-bond acceptors (Lipinski definition) is 7. The first-order valence-electron chi connectivity index (χ1n) is 9.32. The molecule has 0 bridgehead atoms. The van der Waals surface area contributed by atoms with Crippen LogP contribution in [0.1, 0.15) is 20.8 Å². The molecule has 30 heavy (non-hydrogen) atoms. The lowest BCUT2D eigenvalue weighted by molar-refractivity contribution is 0.0549. The van der Waals surface area contributed by atoms with E-state index in [-0.39, 0.29) is 17.4 Å². The highest BCUT2D eigenvalue weighted by Gasteiger charge is 2.31. The Morgan fingerprint density at radius 3 is 2.30 bits per heavy atom. The zero-order chi connectivity index (χ0) is 21.1. The van der Waals surface area contributed by atoms with Crippen LogP contribution < -0.4 is 4.74 Å². The largest absolute Gasteiger partial charge is 0.491 e. The number of esters is 2. The summed E-state index contributed by atoms with van der Waals surface area (Å²) in [5.74, 6) is -0.703. The van der Waals surface area contributed by atoms with Gasteiger partial charge in [-0.05, 0) is 36.4 Å². The molecule has 1 aromatic heterocycles. The summed E-state index contributed by atoms with van der Waals surface area (Å²) in [7, 11) is 2.50. The number of methoxy groups -OCH3 is 2. The number of ether oxygens (including phenoxy) is 4. The monoisotopic (exact) mass is 408 g/mol. The molecule has 0 aliphatic carbocycles. The fourth-order valence-electron chi connectivity index (χ4n) is 3.02. The third-order valence-corrected chi connectivity index (χ3v) is 4.62. The lowest BCUT2D eigenvalue weighted by atomic mass is 10.1. The van der Waals surface area contributed by atoms with Gasteiger partial charge in [-0.3, -0.25) is 0 Å².